The van der Waals surface area contributed by atoms with Crippen LogP contribution in [-0.4, -0.2) is 30.4 Å². The summed E-state index contributed by atoms with van der Waals surface area (Å²) >= 11 is 0. The summed E-state index contributed by atoms with van der Waals surface area (Å²) in [7, 11) is 0. The summed E-state index contributed by atoms with van der Waals surface area (Å²) in [4.78, 5) is 36.6. The first-order valence-corrected chi connectivity index (χ1v) is 9.18. The summed E-state index contributed by atoms with van der Waals surface area (Å²) in [5.74, 6) is -4.08. The second-order valence-corrected chi connectivity index (χ2v) is 6.87. The average molecular weight is 440 g/mol. The number of benzene rings is 2. The molecule has 10 heteroatoms. The SMILES string of the molecule is CC(C)[C@H](NC(=O)c1ccccc1F)C(=O)OCC(=O)Nc1ccccc1C(F)(F)F. The van der Waals surface area contributed by atoms with E-state index in [0.717, 1.165) is 18.2 Å². The van der Waals surface area contributed by atoms with E-state index in [4.69, 9.17) is 4.74 Å². The number of carbonyl (C=O) groups excluding carboxylic acids is 3. The molecule has 2 aromatic carbocycles. The molecule has 0 saturated heterocycles. The van der Waals surface area contributed by atoms with Gasteiger partial charge >= 0.3 is 12.1 Å². The van der Waals surface area contributed by atoms with Crippen LogP contribution in [0.25, 0.3) is 0 Å². The van der Waals surface area contributed by atoms with Crippen LogP contribution in [0.2, 0.25) is 0 Å². The smallest absolute Gasteiger partial charge is 0.418 e. The summed E-state index contributed by atoms with van der Waals surface area (Å²) < 4.78 is 57.6. The standard InChI is InChI=1S/C21H20F4N2O4/c1-12(2)18(27-19(29)13-7-3-5-9-15(13)22)20(30)31-11-17(28)26-16-10-6-4-8-14(16)21(23,24)25/h3-10,12,18H,11H2,1-2H3,(H,26,28)(H,27,29)/t18-/m0/s1. The zero-order valence-electron chi connectivity index (χ0n) is 16.6. The molecule has 0 fully saturated rings. The molecule has 2 amide bonds. The summed E-state index contributed by atoms with van der Waals surface area (Å²) in [5.41, 5.74) is -1.81. The van der Waals surface area contributed by atoms with Crippen molar-refractivity contribution in [3.8, 4) is 0 Å². The van der Waals surface area contributed by atoms with Crippen molar-refractivity contribution in [2.24, 2.45) is 5.92 Å². The largest absolute Gasteiger partial charge is 0.454 e. The molecule has 0 spiro atoms. The third-order valence-corrected chi connectivity index (χ3v) is 4.18. The highest BCUT2D eigenvalue weighted by Gasteiger charge is 2.34. The lowest BCUT2D eigenvalue weighted by atomic mass is 10.0. The molecular weight excluding hydrogens is 420 g/mol. The van der Waals surface area contributed by atoms with E-state index in [1.54, 1.807) is 13.8 Å². The van der Waals surface area contributed by atoms with Crippen molar-refractivity contribution in [3.05, 3.63) is 65.5 Å². The van der Waals surface area contributed by atoms with Crippen LogP contribution in [0.4, 0.5) is 23.2 Å². The molecule has 0 radical (unpaired) electrons. The maximum Gasteiger partial charge on any atom is 0.418 e. The van der Waals surface area contributed by atoms with Crippen LogP contribution < -0.4 is 10.6 Å². The Labute approximate surface area is 175 Å². The van der Waals surface area contributed by atoms with E-state index < -0.39 is 59.6 Å². The fraction of sp³-hybridized carbons (Fsp3) is 0.286. The van der Waals surface area contributed by atoms with Gasteiger partial charge in [-0.15, -0.1) is 0 Å². The van der Waals surface area contributed by atoms with E-state index in [-0.39, 0.29) is 5.56 Å². The van der Waals surface area contributed by atoms with Crippen LogP contribution >= 0.6 is 0 Å². The molecule has 2 rings (SSSR count). The molecule has 0 aliphatic carbocycles. The van der Waals surface area contributed by atoms with E-state index in [2.05, 4.69) is 5.32 Å². The maximum atomic E-state index is 13.8. The Balaban J connectivity index is 2.00. The van der Waals surface area contributed by atoms with Crippen molar-refractivity contribution in [3.63, 3.8) is 0 Å². The second kappa shape index (κ2) is 10.1. The second-order valence-electron chi connectivity index (χ2n) is 6.87. The highest BCUT2D eigenvalue weighted by molar-refractivity contribution is 5.98. The number of amides is 2. The van der Waals surface area contributed by atoms with Gasteiger partial charge in [0.25, 0.3) is 11.8 Å². The summed E-state index contributed by atoms with van der Waals surface area (Å²) in [6.45, 7) is 2.31. The molecule has 166 valence electrons. The Hall–Kier alpha value is -3.43. The third-order valence-electron chi connectivity index (χ3n) is 4.18. The third kappa shape index (κ3) is 6.53. The maximum absolute atomic E-state index is 13.8. The van der Waals surface area contributed by atoms with Gasteiger partial charge in [-0.3, -0.25) is 9.59 Å². The summed E-state index contributed by atoms with van der Waals surface area (Å²) in [6, 6.07) is 8.30. The number of hydrogen-bond donors (Lipinski definition) is 2. The molecule has 0 heterocycles. The van der Waals surface area contributed by atoms with Crippen LogP contribution in [0.3, 0.4) is 0 Å². The van der Waals surface area contributed by atoms with Crippen molar-refractivity contribution < 1.29 is 36.7 Å². The Morgan fingerprint density at radius 3 is 2.23 bits per heavy atom. The first kappa shape index (κ1) is 23.8. The molecule has 1 atom stereocenters. The zero-order chi connectivity index (χ0) is 23.2. The van der Waals surface area contributed by atoms with Gasteiger partial charge in [-0.05, 0) is 30.2 Å². The van der Waals surface area contributed by atoms with Crippen LogP contribution in [0.15, 0.2) is 48.5 Å². The van der Waals surface area contributed by atoms with Gasteiger partial charge in [-0.2, -0.15) is 13.2 Å². The van der Waals surface area contributed by atoms with Gasteiger partial charge in [0.1, 0.15) is 11.9 Å². The van der Waals surface area contributed by atoms with Gasteiger partial charge in [0.15, 0.2) is 6.61 Å². The van der Waals surface area contributed by atoms with E-state index in [9.17, 15) is 31.9 Å². The predicted molar refractivity (Wildman–Crippen MR) is 104 cm³/mol. The number of ether oxygens (including phenoxy) is 1. The van der Waals surface area contributed by atoms with Crippen LogP contribution in [0, 0.1) is 11.7 Å². The molecule has 0 unspecified atom stereocenters. The molecule has 0 aromatic heterocycles. The predicted octanol–water partition coefficient (Wildman–Crippen LogP) is 3.78. The summed E-state index contributed by atoms with van der Waals surface area (Å²) in [6.07, 6.45) is -4.68. The number of rotatable bonds is 7. The Morgan fingerprint density at radius 1 is 1.00 bits per heavy atom. The fourth-order valence-electron chi connectivity index (χ4n) is 2.61. The topological polar surface area (TPSA) is 84.5 Å². The minimum atomic E-state index is -4.68. The van der Waals surface area contributed by atoms with Crippen LogP contribution in [0.5, 0.6) is 0 Å². The lowest BCUT2D eigenvalue weighted by molar-refractivity contribution is -0.150. The number of halogens is 4. The number of esters is 1. The molecule has 0 aliphatic rings. The van der Waals surface area contributed by atoms with Crippen LogP contribution in [-0.2, 0) is 20.5 Å². The Morgan fingerprint density at radius 2 is 1.61 bits per heavy atom. The average Bonchev–Trinajstić information content (AvgIpc) is 2.69. The Bertz CT molecular complexity index is 960. The molecule has 2 N–H and O–H groups in total. The van der Waals surface area contributed by atoms with Crippen molar-refractivity contribution >= 4 is 23.5 Å². The minimum absolute atomic E-state index is 0.276. The van der Waals surface area contributed by atoms with Crippen molar-refractivity contribution in [2.45, 2.75) is 26.1 Å². The van der Waals surface area contributed by atoms with Crippen molar-refractivity contribution in [2.75, 3.05) is 11.9 Å². The molecule has 31 heavy (non-hydrogen) atoms. The number of para-hydroxylation sites is 1. The van der Waals surface area contributed by atoms with Crippen LogP contribution in [0.1, 0.15) is 29.8 Å². The Kier molecular flexibility index (Phi) is 7.73. The molecular formula is C21H20F4N2O4. The van der Waals surface area contributed by atoms with Gasteiger partial charge in [-0.1, -0.05) is 38.1 Å². The van der Waals surface area contributed by atoms with Crippen molar-refractivity contribution in [1.82, 2.24) is 5.32 Å². The molecule has 6 nitrogen and oxygen atoms in total. The van der Waals surface area contributed by atoms with Gasteiger partial charge in [0, 0.05) is 0 Å². The molecule has 2 aromatic rings. The first-order chi connectivity index (χ1) is 14.5. The molecule has 0 saturated carbocycles. The normalized spacial score (nSPS) is 12.2. The van der Waals surface area contributed by atoms with Gasteiger partial charge < -0.3 is 15.4 Å². The first-order valence-electron chi connectivity index (χ1n) is 9.18. The van der Waals surface area contributed by atoms with Gasteiger partial charge in [0.05, 0.1) is 16.8 Å². The molecule has 0 bridgehead atoms. The highest BCUT2D eigenvalue weighted by Crippen LogP contribution is 2.34. The number of alkyl halides is 3. The van der Waals surface area contributed by atoms with Gasteiger partial charge in [-0.25, -0.2) is 9.18 Å². The van der Waals surface area contributed by atoms with E-state index in [0.29, 0.717) is 0 Å². The number of hydrogen-bond acceptors (Lipinski definition) is 4. The van der Waals surface area contributed by atoms with E-state index in [1.165, 1.54) is 30.3 Å². The quantitative estimate of drug-likeness (QED) is 0.507. The lowest BCUT2D eigenvalue weighted by Gasteiger charge is -2.21. The van der Waals surface area contributed by atoms with E-state index >= 15 is 0 Å². The monoisotopic (exact) mass is 440 g/mol. The highest BCUT2D eigenvalue weighted by atomic mass is 19.4. The van der Waals surface area contributed by atoms with Crippen molar-refractivity contribution in [1.29, 1.82) is 0 Å². The minimum Gasteiger partial charge on any atom is -0.454 e. The zero-order valence-corrected chi connectivity index (χ0v) is 16.6. The van der Waals surface area contributed by atoms with Gasteiger partial charge in [0.2, 0.25) is 0 Å². The van der Waals surface area contributed by atoms with E-state index in [1.807, 2.05) is 5.32 Å². The molecule has 0 aliphatic heterocycles. The number of anilines is 1. The fourth-order valence-corrected chi connectivity index (χ4v) is 2.61. The number of nitrogens with one attached hydrogen (secondary N) is 2. The number of carbonyl (C=O) groups is 3. The lowest BCUT2D eigenvalue weighted by Crippen LogP contribution is -2.46. The summed E-state index contributed by atoms with van der Waals surface area (Å²) in [5, 5.41) is 4.38.